The second-order valence-corrected chi connectivity index (χ2v) is 4.43. The molecular weight excluding hydrogens is 222 g/mol. The molecule has 1 unspecified atom stereocenters. The lowest BCUT2D eigenvalue weighted by atomic mass is 10.7. The predicted molar refractivity (Wildman–Crippen MR) is 44.3 cm³/mol. The molecule has 0 aliphatic rings. The first kappa shape index (κ1) is 12.4. The van der Waals surface area contributed by atoms with E-state index < -0.39 is 24.7 Å². The van der Waals surface area contributed by atoms with Crippen LogP contribution in [-0.4, -0.2) is 33.9 Å². The molecule has 13 heavy (non-hydrogen) atoms. The molecule has 0 aliphatic carbocycles. The van der Waals surface area contributed by atoms with Gasteiger partial charge in [-0.05, 0) is 0 Å². The standard InChI is InChI=1S/C4H8ClN2O5P/c1-6-4(9)7-3(8)2(5)13(10,11)12/h2H,1H3,(H2,10,11,12)(H2,6,7,8,9). The van der Waals surface area contributed by atoms with Gasteiger partial charge in [-0.1, -0.05) is 11.6 Å². The lowest BCUT2D eigenvalue weighted by molar-refractivity contribution is -0.118. The molecule has 0 aromatic heterocycles. The Balaban J connectivity index is 4.29. The molecule has 0 saturated carbocycles. The van der Waals surface area contributed by atoms with Gasteiger partial charge in [0.05, 0.1) is 0 Å². The summed E-state index contributed by atoms with van der Waals surface area (Å²) >= 11 is 5.05. The molecule has 0 bridgehead atoms. The van der Waals surface area contributed by atoms with Gasteiger partial charge in [0.25, 0.3) is 5.91 Å². The minimum absolute atomic E-state index is 0.885. The fourth-order valence-corrected chi connectivity index (χ4v) is 0.811. The number of urea groups is 1. The second-order valence-electron chi connectivity index (χ2n) is 1.99. The number of rotatable bonds is 2. The molecule has 0 fully saturated rings. The number of amides is 3. The summed E-state index contributed by atoms with van der Waals surface area (Å²) in [4.78, 5) is 38.1. The summed E-state index contributed by atoms with van der Waals surface area (Å²) in [6, 6.07) is -0.885. The van der Waals surface area contributed by atoms with Gasteiger partial charge in [-0.25, -0.2) is 4.79 Å². The molecule has 0 saturated heterocycles. The van der Waals surface area contributed by atoms with Gasteiger partial charge in [0.1, 0.15) is 0 Å². The Hall–Kier alpha value is -0.620. The summed E-state index contributed by atoms with van der Waals surface area (Å²) in [5.41, 5.74) is 0. The van der Waals surface area contributed by atoms with Crippen molar-refractivity contribution in [3.8, 4) is 0 Å². The van der Waals surface area contributed by atoms with Crippen LogP contribution in [0.25, 0.3) is 0 Å². The number of alkyl halides is 1. The normalized spacial score (nSPS) is 13.2. The molecule has 9 heteroatoms. The van der Waals surface area contributed by atoms with E-state index in [1.54, 1.807) is 5.32 Å². The van der Waals surface area contributed by atoms with Crippen LogP contribution in [0.2, 0.25) is 0 Å². The van der Waals surface area contributed by atoms with E-state index in [2.05, 4.69) is 0 Å². The first-order chi connectivity index (χ1) is 5.79. The van der Waals surface area contributed by atoms with Gasteiger partial charge < -0.3 is 15.1 Å². The summed E-state index contributed by atoms with van der Waals surface area (Å²) in [5.74, 6) is -1.24. The number of hydrogen-bond acceptors (Lipinski definition) is 3. The predicted octanol–water partition coefficient (Wildman–Crippen LogP) is -0.815. The Morgan fingerprint density at radius 1 is 1.46 bits per heavy atom. The molecule has 0 heterocycles. The zero-order valence-electron chi connectivity index (χ0n) is 6.52. The van der Waals surface area contributed by atoms with Gasteiger partial charge in [-0.3, -0.25) is 14.7 Å². The van der Waals surface area contributed by atoms with Gasteiger partial charge in [0.2, 0.25) is 5.12 Å². The van der Waals surface area contributed by atoms with Crippen molar-refractivity contribution >= 4 is 31.1 Å². The van der Waals surface area contributed by atoms with Crippen molar-refractivity contribution in [1.82, 2.24) is 10.6 Å². The van der Waals surface area contributed by atoms with Gasteiger partial charge in [-0.2, -0.15) is 0 Å². The van der Waals surface area contributed by atoms with Crippen molar-refractivity contribution < 1.29 is 23.9 Å². The average Bonchev–Trinajstić information content (AvgIpc) is 2.01. The third-order valence-electron chi connectivity index (χ3n) is 0.975. The molecule has 1 atom stereocenters. The van der Waals surface area contributed by atoms with E-state index in [1.165, 1.54) is 7.05 Å². The van der Waals surface area contributed by atoms with Crippen molar-refractivity contribution in [3.05, 3.63) is 0 Å². The molecule has 0 radical (unpaired) electrons. The molecule has 7 nitrogen and oxygen atoms in total. The van der Waals surface area contributed by atoms with Crippen LogP contribution in [0.4, 0.5) is 4.79 Å². The first-order valence-corrected chi connectivity index (χ1v) is 5.12. The smallest absolute Gasteiger partial charge is 0.341 e. The van der Waals surface area contributed by atoms with Crippen LogP contribution >= 0.6 is 19.2 Å². The molecule has 0 spiro atoms. The summed E-state index contributed by atoms with van der Waals surface area (Å²) in [5, 5.41) is 1.59. The lowest BCUT2D eigenvalue weighted by Crippen LogP contribution is -2.41. The van der Waals surface area contributed by atoms with E-state index in [0.717, 1.165) is 0 Å². The molecular formula is C4H8ClN2O5P. The zero-order valence-corrected chi connectivity index (χ0v) is 8.17. The zero-order chi connectivity index (χ0) is 10.6. The van der Waals surface area contributed by atoms with Crippen molar-refractivity contribution in [2.75, 3.05) is 7.05 Å². The van der Waals surface area contributed by atoms with Crippen molar-refractivity contribution in [3.63, 3.8) is 0 Å². The van der Waals surface area contributed by atoms with Gasteiger partial charge in [-0.15, -0.1) is 0 Å². The summed E-state index contributed by atoms with van der Waals surface area (Å²) in [6.07, 6.45) is 0. The van der Waals surface area contributed by atoms with Crippen LogP contribution in [0.5, 0.6) is 0 Å². The van der Waals surface area contributed by atoms with Gasteiger partial charge >= 0.3 is 13.6 Å². The Labute approximate surface area is 78.6 Å². The highest BCUT2D eigenvalue weighted by Gasteiger charge is 2.34. The van der Waals surface area contributed by atoms with Crippen LogP contribution in [0.15, 0.2) is 0 Å². The molecule has 76 valence electrons. The number of halogens is 1. The van der Waals surface area contributed by atoms with Crippen LogP contribution in [0.3, 0.4) is 0 Å². The third kappa shape index (κ3) is 4.23. The highest BCUT2D eigenvalue weighted by atomic mass is 35.5. The Morgan fingerprint density at radius 2 is 1.92 bits per heavy atom. The summed E-state index contributed by atoms with van der Waals surface area (Å²) in [7, 11) is -3.47. The van der Waals surface area contributed by atoms with Crippen molar-refractivity contribution in [2.45, 2.75) is 5.12 Å². The van der Waals surface area contributed by atoms with E-state index in [9.17, 15) is 14.2 Å². The van der Waals surface area contributed by atoms with E-state index in [4.69, 9.17) is 21.4 Å². The number of nitrogens with one attached hydrogen (secondary N) is 2. The van der Waals surface area contributed by atoms with E-state index in [0.29, 0.717) is 0 Å². The summed E-state index contributed by atoms with van der Waals surface area (Å²) in [6.45, 7) is 0. The maximum atomic E-state index is 10.8. The largest absolute Gasteiger partial charge is 0.352 e. The van der Waals surface area contributed by atoms with Crippen molar-refractivity contribution in [2.24, 2.45) is 0 Å². The molecule has 4 N–H and O–H groups in total. The second kappa shape index (κ2) is 4.57. The highest BCUT2D eigenvalue weighted by Crippen LogP contribution is 2.43. The van der Waals surface area contributed by atoms with Gasteiger partial charge in [0.15, 0.2) is 0 Å². The maximum absolute atomic E-state index is 10.8. The van der Waals surface area contributed by atoms with Crippen LogP contribution in [0, 0.1) is 0 Å². The average molecular weight is 231 g/mol. The third-order valence-corrected chi connectivity index (χ3v) is 2.76. The molecule has 0 rings (SSSR count). The van der Waals surface area contributed by atoms with E-state index in [1.807, 2.05) is 5.32 Å². The minimum Gasteiger partial charge on any atom is -0.341 e. The quantitative estimate of drug-likeness (QED) is 0.366. The Bertz CT molecular complexity index is 263. The van der Waals surface area contributed by atoms with Crippen molar-refractivity contribution in [1.29, 1.82) is 0 Å². The number of hydrogen-bond donors (Lipinski definition) is 4. The molecule has 0 aromatic rings. The van der Waals surface area contributed by atoms with Crippen LogP contribution in [-0.2, 0) is 9.36 Å². The monoisotopic (exact) mass is 230 g/mol. The lowest BCUT2D eigenvalue weighted by Gasteiger charge is -2.10. The van der Waals surface area contributed by atoms with Crippen LogP contribution < -0.4 is 10.6 Å². The number of carbonyl (C=O) groups is 2. The topological polar surface area (TPSA) is 116 Å². The maximum Gasteiger partial charge on any atom is 0.352 e. The fourth-order valence-electron chi connectivity index (χ4n) is 0.387. The summed E-state index contributed by atoms with van der Waals surface area (Å²) < 4.78 is 10.4. The Morgan fingerprint density at radius 3 is 2.23 bits per heavy atom. The fraction of sp³-hybridized carbons (Fsp3) is 0.500. The van der Waals surface area contributed by atoms with Crippen LogP contribution in [0.1, 0.15) is 0 Å². The van der Waals surface area contributed by atoms with Gasteiger partial charge in [0, 0.05) is 7.05 Å². The SMILES string of the molecule is CNC(=O)NC(=O)C(Cl)P(=O)(O)O. The van der Waals surface area contributed by atoms with E-state index in [-0.39, 0.29) is 0 Å². The molecule has 3 amide bonds. The first-order valence-electron chi connectivity index (χ1n) is 3.01. The highest BCUT2D eigenvalue weighted by molar-refractivity contribution is 7.55. The van der Waals surface area contributed by atoms with E-state index >= 15 is 0 Å². The Kier molecular flexibility index (Phi) is 4.35. The molecule has 0 aromatic carbocycles. The number of imide groups is 1. The minimum atomic E-state index is -4.71. The number of carbonyl (C=O) groups excluding carboxylic acids is 2. The molecule has 0 aliphatic heterocycles.